The van der Waals surface area contributed by atoms with Crippen molar-refractivity contribution in [3.8, 4) is 0 Å². The van der Waals surface area contributed by atoms with Crippen LogP contribution in [0.2, 0.25) is 0 Å². The van der Waals surface area contributed by atoms with Crippen molar-refractivity contribution < 1.29 is 0 Å². The van der Waals surface area contributed by atoms with Crippen LogP contribution in [-0.4, -0.2) is 4.98 Å². The zero-order valence-corrected chi connectivity index (χ0v) is 10.6. The number of hydrogen-bond acceptors (Lipinski definition) is 0. The molecule has 0 saturated carbocycles. The van der Waals surface area contributed by atoms with Gasteiger partial charge >= 0.3 is 0 Å². The molecule has 0 aromatic carbocycles. The Hall–Kier alpha value is -1.76. The van der Waals surface area contributed by atoms with Crippen molar-refractivity contribution in [3.05, 3.63) is 53.4 Å². The highest BCUT2D eigenvalue weighted by molar-refractivity contribution is 5.88. The van der Waals surface area contributed by atoms with E-state index in [0.29, 0.717) is 0 Å². The Morgan fingerprint density at radius 1 is 1.29 bits per heavy atom. The molecule has 0 fully saturated rings. The first-order valence-electron chi connectivity index (χ1n) is 6.12. The third kappa shape index (κ3) is 1.72. The molecule has 0 aliphatic heterocycles. The van der Waals surface area contributed by atoms with Crippen molar-refractivity contribution in [2.45, 2.75) is 26.7 Å². The SMILES string of the molecule is C=Cc1[nH]c2c(c1C=C)CC(=C/CC)/C2=C\C. The molecule has 1 aromatic rings. The summed E-state index contributed by atoms with van der Waals surface area (Å²) in [5.74, 6) is 0. The van der Waals surface area contributed by atoms with E-state index < -0.39 is 0 Å². The molecule has 0 bridgehead atoms. The molecular weight excluding hydrogens is 206 g/mol. The van der Waals surface area contributed by atoms with Gasteiger partial charge < -0.3 is 4.98 Å². The molecule has 2 rings (SSSR count). The zero-order valence-electron chi connectivity index (χ0n) is 10.6. The summed E-state index contributed by atoms with van der Waals surface area (Å²) in [6.45, 7) is 12.0. The van der Waals surface area contributed by atoms with Gasteiger partial charge in [0.15, 0.2) is 0 Å². The van der Waals surface area contributed by atoms with Crippen LogP contribution >= 0.6 is 0 Å². The third-order valence-corrected chi connectivity index (χ3v) is 3.31. The van der Waals surface area contributed by atoms with Gasteiger partial charge in [0, 0.05) is 23.4 Å². The molecule has 1 nitrogen and oxygen atoms in total. The summed E-state index contributed by atoms with van der Waals surface area (Å²) in [7, 11) is 0. The van der Waals surface area contributed by atoms with Gasteiger partial charge in [-0.3, -0.25) is 0 Å². The Balaban J connectivity index is 2.60. The number of allylic oxidation sites excluding steroid dienone is 4. The Morgan fingerprint density at radius 3 is 2.59 bits per heavy atom. The average molecular weight is 225 g/mol. The van der Waals surface area contributed by atoms with Crippen molar-refractivity contribution in [2.24, 2.45) is 0 Å². The molecule has 88 valence electrons. The van der Waals surface area contributed by atoms with Gasteiger partial charge in [-0.25, -0.2) is 0 Å². The predicted molar refractivity (Wildman–Crippen MR) is 76.7 cm³/mol. The van der Waals surface area contributed by atoms with Crippen LogP contribution in [-0.2, 0) is 6.42 Å². The van der Waals surface area contributed by atoms with Gasteiger partial charge in [0.1, 0.15) is 0 Å². The van der Waals surface area contributed by atoms with Crippen LogP contribution in [0, 0.1) is 0 Å². The highest BCUT2D eigenvalue weighted by atomic mass is 14.8. The standard InChI is InChI=1S/C16H19N/c1-5-9-11-10-14-13(7-3)15(8-4)17-16(14)12(11)6-2/h6-9,17H,3-5,10H2,1-2H3/b11-9-,12-6+. The maximum Gasteiger partial charge on any atom is 0.0500 e. The molecule has 0 saturated heterocycles. The van der Waals surface area contributed by atoms with Crippen LogP contribution in [0.5, 0.6) is 0 Å². The summed E-state index contributed by atoms with van der Waals surface area (Å²) in [5, 5.41) is 0. The van der Waals surface area contributed by atoms with E-state index in [0.717, 1.165) is 18.5 Å². The second kappa shape index (κ2) is 4.62. The highest BCUT2D eigenvalue weighted by Crippen LogP contribution is 2.40. The molecular formula is C16H19N. The van der Waals surface area contributed by atoms with Crippen LogP contribution in [0.25, 0.3) is 17.7 Å². The van der Waals surface area contributed by atoms with Crippen molar-refractivity contribution >= 4 is 17.7 Å². The lowest BCUT2D eigenvalue weighted by atomic mass is 10.1. The number of aromatic nitrogens is 1. The molecule has 0 unspecified atom stereocenters. The average Bonchev–Trinajstić information content (AvgIpc) is 2.83. The Bertz CT molecular complexity index is 524. The lowest BCUT2D eigenvalue weighted by molar-refractivity contribution is 1.16. The molecule has 1 heteroatoms. The second-order valence-electron chi connectivity index (χ2n) is 4.23. The summed E-state index contributed by atoms with van der Waals surface area (Å²) in [4.78, 5) is 3.45. The Labute approximate surface area is 103 Å². The fourth-order valence-electron chi connectivity index (χ4n) is 2.59. The van der Waals surface area contributed by atoms with Crippen molar-refractivity contribution in [3.63, 3.8) is 0 Å². The lowest BCUT2D eigenvalue weighted by Gasteiger charge is -2.02. The summed E-state index contributed by atoms with van der Waals surface area (Å²) in [5.41, 5.74) is 7.65. The summed E-state index contributed by atoms with van der Waals surface area (Å²) in [6, 6.07) is 0. The maximum absolute atomic E-state index is 3.90. The molecule has 1 aromatic heterocycles. The van der Waals surface area contributed by atoms with E-state index in [-0.39, 0.29) is 0 Å². The number of aromatic amines is 1. The van der Waals surface area contributed by atoms with Gasteiger partial charge in [-0.15, -0.1) is 0 Å². The molecule has 0 atom stereocenters. The maximum atomic E-state index is 3.90. The van der Waals surface area contributed by atoms with Gasteiger partial charge in [0.25, 0.3) is 0 Å². The van der Waals surface area contributed by atoms with E-state index in [1.165, 1.54) is 28.0 Å². The van der Waals surface area contributed by atoms with E-state index in [1.54, 1.807) is 0 Å². The van der Waals surface area contributed by atoms with Gasteiger partial charge in [-0.05, 0) is 36.1 Å². The molecule has 0 radical (unpaired) electrons. The summed E-state index contributed by atoms with van der Waals surface area (Å²) in [6.07, 6.45) is 10.4. The first kappa shape index (κ1) is 11.7. The first-order valence-corrected chi connectivity index (χ1v) is 6.12. The second-order valence-corrected chi connectivity index (χ2v) is 4.23. The van der Waals surface area contributed by atoms with Crippen LogP contribution in [0.15, 0.2) is 30.9 Å². The Morgan fingerprint density at radius 2 is 2.06 bits per heavy atom. The molecule has 1 heterocycles. The minimum Gasteiger partial charge on any atom is -0.354 e. The predicted octanol–water partition coefficient (Wildman–Crippen LogP) is 4.60. The van der Waals surface area contributed by atoms with E-state index in [2.05, 4.69) is 44.1 Å². The minimum atomic E-state index is 1.01. The number of fused-ring (bicyclic) bond motifs is 1. The van der Waals surface area contributed by atoms with Gasteiger partial charge in [-0.1, -0.05) is 38.3 Å². The van der Waals surface area contributed by atoms with Crippen molar-refractivity contribution in [1.82, 2.24) is 4.98 Å². The molecule has 0 spiro atoms. The monoisotopic (exact) mass is 225 g/mol. The number of rotatable bonds is 3. The van der Waals surface area contributed by atoms with Gasteiger partial charge in [-0.2, -0.15) is 0 Å². The van der Waals surface area contributed by atoms with Crippen LogP contribution in [0.4, 0.5) is 0 Å². The molecule has 1 N–H and O–H groups in total. The minimum absolute atomic E-state index is 1.01. The van der Waals surface area contributed by atoms with E-state index >= 15 is 0 Å². The van der Waals surface area contributed by atoms with Gasteiger partial charge in [0.2, 0.25) is 0 Å². The highest BCUT2D eigenvalue weighted by Gasteiger charge is 2.25. The van der Waals surface area contributed by atoms with Crippen LogP contribution < -0.4 is 0 Å². The molecule has 0 amide bonds. The lowest BCUT2D eigenvalue weighted by Crippen LogP contribution is -1.86. The first-order chi connectivity index (χ1) is 8.26. The van der Waals surface area contributed by atoms with Crippen molar-refractivity contribution in [2.75, 3.05) is 0 Å². The largest absolute Gasteiger partial charge is 0.354 e. The molecule has 1 aliphatic rings. The smallest absolute Gasteiger partial charge is 0.0500 e. The number of H-pyrrole nitrogens is 1. The summed E-state index contributed by atoms with van der Waals surface area (Å²) < 4.78 is 0. The molecule has 1 aliphatic carbocycles. The fraction of sp³-hybridized carbons (Fsp3) is 0.250. The number of hydrogen-bond donors (Lipinski definition) is 1. The van der Waals surface area contributed by atoms with Gasteiger partial charge in [0.05, 0.1) is 0 Å². The van der Waals surface area contributed by atoms with Crippen LogP contribution in [0.3, 0.4) is 0 Å². The normalized spacial score (nSPS) is 18.7. The topological polar surface area (TPSA) is 15.8 Å². The zero-order chi connectivity index (χ0) is 12.4. The molecule has 17 heavy (non-hydrogen) atoms. The van der Waals surface area contributed by atoms with E-state index in [9.17, 15) is 0 Å². The van der Waals surface area contributed by atoms with E-state index in [1.807, 2.05) is 12.2 Å². The quantitative estimate of drug-likeness (QED) is 0.774. The van der Waals surface area contributed by atoms with Crippen LogP contribution in [0.1, 0.15) is 42.8 Å². The summed E-state index contributed by atoms with van der Waals surface area (Å²) >= 11 is 0. The van der Waals surface area contributed by atoms with E-state index in [4.69, 9.17) is 0 Å². The fourth-order valence-corrected chi connectivity index (χ4v) is 2.59. The number of nitrogens with one attached hydrogen (secondary N) is 1. The van der Waals surface area contributed by atoms with Crippen molar-refractivity contribution in [1.29, 1.82) is 0 Å². The third-order valence-electron chi connectivity index (χ3n) is 3.31. The Kier molecular flexibility index (Phi) is 3.19.